The van der Waals surface area contributed by atoms with Gasteiger partial charge in [-0.3, -0.25) is 4.79 Å². The fraction of sp³-hybridized carbons (Fsp3) is 0.526. The highest BCUT2D eigenvalue weighted by Gasteiger charge is 2.31. The number of aromatic nitrogens is 4. The van der Waals surface area contributed by atoms with E-state index in [-0.39, 0.29) is 24.1 Å². The van der Waals surface area contributed by atoms with Crippen LogP contribution in [-0.4, -0.2) is 55.8 Å². The number of ether oxygens (including phenoxy) is 1. The van der Waals surface area contributed by atoms with Crippen molar-refractivity contribution in [2.45, 2.75) is 46.1 Å². The van der Waals surface area contributed by atoms with Crippen LogP contribution in [0.2, 0.25) is 0 Å². The number of carbonyl (C=O) groups is 2. The molecule has 1 N–H and O–H groups in total. The molecule has 0 saturated carbocycles. The molecule has 0 radical (unpaired) electrons. The quantitative estimate of drug-likeness (QED) is 0.844. The van der Waals surface area contributed by atoms with Gasteiger partial charge in [-0.1, -0.05) is 0 Å². The van der Waals surface area contributed by atoms with Gasteiger partial charge in [0, 0.05) is 18.8 Å². The lowest BCUT2D eigenvalue weighted by Crippen LogP contribution is -2.45. The topological polar surface area (TPSA) is 102 Å². The molecule has 2 heterocycles. The van der Waals surface area contributed by atoms with E-state index < -0.39 is 17.5 Å². The van der Waals surface area contributed by atoms with Gasteiger partial charge in [-0.05, 0) is 69.2 Å². The van der Waals surface area contributed by atoms with Gasteiger partial charge in [0.05, 0.1) is 5.92 Å². The molecule has 10 heteroatoms. The van der Waals surface area contributed by atoms with Crippen LogP contribution in [0.5, 0.6) is 0 Å². The lowest BCUT2D eigenvalue weighted by molar-refractivity contribution is -0.121. The highest BCUT2D eigenvalue weighted by atomic mass is 19.1. The standard InChI is InChI=1S/C19H25FN6O3/c1-12-22-23-24-26(12)16-10-14(7-8-15(16)20)21-17(27)13-6-5-9-25(11-13)18(28)29-19(2,3)4/h7-8,10,13H,5-6,9,11H2,1-4H3,(H,21,27). The molecule has 0 bridgehead atoms. The second kappa shape index (κ2) is 8.14. The third-order valence-electron chi connectivity index (χ3n) is 4.51. The second-order valence-electron chi connectivity index (χ2n) is 8.06. The van der Waals surface area contributed by atoms with Gasteiger partial charge in [-0.15, -0.1) is 5.10 Å². The number of nitrogens with one attached hydrogen (secondary N) is 1. The third kappa shape index (κ3) is 5.07. The molecular formula is C19H25FN6O3. The number of hydrogen-bond acceptors (Lipinski definition) is 6. The van der Waals surface area contributed by atoms with Gasteiger partial charge in [-0.25, -0.2) is 9.18 Å². The number of piperidine rings is 1. The summed E-state index contributed by atoms with van der Waals surface area (Å²) < 4.78 is 20.8. The van der Waals surface area contributed by atoms with E-state index >= 15 is 0 Å². The average molecular weight is 404 g/mol. The second-order valence-corrected chi connectivity index (χ2v) is 8.06. The number of halogens is 1. The van der Waals surface area contributed by atoms with Crippen LogP contribution in [0.1, 0.15) is 39.4 Å². The molecule has 1 unspecified atom stereocenters. The molecule has 1 saturated heterocycles. The summed E-state index contributed by atoms with van der Waals surface area (Å²) in [4.78, 5) is 26.6. The summed E-state index contributed by atoms with van der Waals surface area (Å²) in [7, 11) is 0. The van der Waals surface area contributed by atoms with E-state index in [1.54, 1.807) is 32.6 Å². The van der Waals surface area contributed by atoms with E-state index in [9.17, 15) is 14.0 Å². The van der Waals surface area contributed by atoms with Crippen LogP contribution in [0.3, 0.4) is 0 Å². The van der Waals surface area contributed by atoms with Gasteiger partial charge < -0.3 is 15.0 Å². The molecule has 9 nitrogen and oxygen atoms in total. The van der Waals surface area contributed by atoms with E-state index in [1.807, 2.05) is 0 Å². The van der Waals surface area contributed by atoms with Crippen LogP contribution in [0.4, 0.5) is 14.9 Å². The highest BCUT2D eigenvalue weighted by Crippen LogP contribution is 2.23. The Balaban J connectivity index is 1.69. The maximum absolute atomic E-state index is 14.2. The van der Waals surface area contributed by atoms with Gasteiger partial charge in [-0.2, -0.15) is 4.68 Å². The summed E-state index contributed by atoms with van der Waals surface area (Å²) in [5.74, 6) is -0.691. The number of tetrazole rings is 1. The number of nitrogens with zero attached hydrogens (tertiary/aromatic N) is 5. The number of hydrogen-bond donors (Lipinski definition) is 1. The number of carbonyl (C=O) groups excluding carboxylic acids is 2. The summed E-state index contributed by atoms with van der Waals surface area (Å²) in [5, 5.41) is 13.8. The van der Waals surface area contributed by atoms with Crippen molar-refractivity contribution < 1.29 is 18.7 Å². The first-order valence-electron chi connectivity index (χ1n) is 9.48. The minimum atomic E-state index is -0.592. The fourth-order valence-corrected chi connectivity index (χ4v) is 3.13. The zero-order chi connectivity index (χ0) is 21.2. The molecule has 1 aromatic heterocycles. The van der Waals surface area contributed by atoms with Crippen molar-refractivity contribution in [3.8, 4) is 5.69 Å². The largest absolute Gasteiger partial charge is 0.444 e. The zero-order valence-electron chi connectivity index (χ0n) is 17.0. The van der Waals surface area contributed by atoms with E-state index in [4.69, 9.17) is 4.74 Å². The van der Waals surface area contributed by atoms with Gasteiger partial charge in [0.2, 0.25) is 5.91 Å². The van der Waals surface area contributed by atoms with Gasteiger partial charge in [0.15, 0.2) is 5.82 Å². The summed E-state index contributed by atoms with van der Waals surface area (Å²) in [6, 6.07) is 4.20. The molecule has 3 rings (SSSR count). The maximum atomic E-state index is 14.2. The molecule has 156 valence electrons. The van der Waals surface area contributed by atoms with Crippen molar-refractivity contribution in [3.05, 3.63) is 29.8 Å². The number of benzene rings is 1. The monoisotopic (exact) mass is 404 g/mol. The molecule has 0 aliphatic carbocycles. The van der Waals surface area contributed by atoms with E-state index in [0.717, 1.165) is 0 Å². The molecular weight excluding hydrogens is 379 g/mol. The van der Waals surface area contributed by atoms with Crippen LogP contribution in [0, 0.1) is 18.7 Å². The molecule has 0 spiro atoms. The van der Waals surface area contributed by atoms with Crippen LogP contribution < -0.4 is 5.32 Å². The Labute approximate surface area is 168 Å². The molecule has 29 heavy (non-hydrogen) atoms. The first kappa shape index (κ1) is 20.7. The number of likely N-dealkylation sites (tertiary alicyclic amines) is 1. The van der Waals surface area contributed by atoms with Crippen LogP contribution in [0.25, 0.3) is 5.69 Å². The smallest absolute Gasteiger partial charge is 0.410 e. The fourth-order valence-electron chi connectivity index (χ4n) is 3.13. The Kier molecular flexibility index (Phi) is 5.81. The molecule has 1 fully saturated rings. The average Bonchev–Trinajstić information content (AvgIpc) is 3.07. The van der Waals surface area contributed by atoms with Gasteiger partial charge in [0.1, 0.15) is 17.1 Å². The first-order chi connectivity index (χ1) is 13.6. The van der Waals surface area contributed by atoms with Crippen molar-refractivity contribution in [3.63, 3.8) is 0 Å². The van der Waals surface area contributed by atoms with Crippen molar-refractivity contribution in [2.24, 2.45) is 5.92 Å². The lowest BCUT2D eigenvalue weighted by Gasteiger charge is -2.33. The first-order valence-corrected chi connectivity index (χ1v) is 9.48. The van der Waals surface area contributed by atoms with E-state index in [0.29, 0.717) is 30.9 Å². The van der Waals surface area contributed by atoms with Crippen molar-refractivity contribution in [1.82, 2.24) is 25.1 Å². The zero-order valence-corrected chi connectivity index (χ0v) is 17.0. The third-order valence-corrected chi connectivity index (χ3v) is 4.51. The molecule has 2 amide bonds. The highest BCUT2D eigenvalue weighted by molar-refractivity contribution is 5.93. The number of aryl methyl sites for hydroxylation is 1. The molecule has 2 aromatic rings. The Morgan fingerprint density at radius 3 is 2.72 bits per heavy atom. The van der Waals surface area contributed by atoms with Crippen molar-refractivity contribution in [2.75, 3.05) is 18.4 Å². The molecule has 1 aromatic carbocycles. The van der Waals surface area contributed by atoms with E-state index in [2.05, 4.69) is 20.8 Å². The number of rotatable bonds is 3. The predicted octanol–water partition coefficient (Wildman–Crippen LogP) is 2.70. The summed E-state index contributed by atoms with van der Waals surface area (Å²) in [6.07, 6.45) is 0.939. The van der Waals surface area contributed by atoms with E-state index in [1.165, 1.54) is 22.9 Å². The summed E-state index contributed by atoms with van der Waals surface area (Å²) in [5.41, 5.74) is -0.0227. The Morgan fingerprint density at radius 2 is 2.07 bits per heavy atom. The summed E-state index contributed by atoms with van der Waals surface area (Å²) >= 11 is 0. The molecule has 1 atom stereocenters. The SMILES string of the molecule is Cc1nnnn1-c1cc(NC(=O)C2CCCN(C(=O)OC(C)(C)C)C2)ccc1F. The Morgan fingerprint density at radius 1 is 1.31 bits per heavy atom. The Bertz CT molecular complexity index is 908. The number of anilines is 1. The van der Waals surface area contributed by atoms with Crippen LogP contribution >= 0.6 is 0 Å². The van der Waals surface area contributed by atoms with Crippen molar-refractivity contribution >= 4 is 17.7 Å². The van der Waals surface area contributed by atoms with Gasteiger partial charge in [0.25, 0.3) is 0 Å². The normalized spacial score (nSPS) is 17.1. The maximum Gasteiger partial charge on any atom is 0.410 e. The molecule has 1 aliphatic heterocycles. The van der Waals surface area contributed by atoms with Gasteiger partial charge >= 0.3 is 6.09 Å². The Hall–Kier alpha value is -3.04. The number of amides is 2. The minimum Gasteiger partial charge on any atom is -0.444 e. The lowest BCUT2D eigenvalue weighted by atomic mass is 9.97. The van der Waals surface area contributed by atoms with Crippen LogP contribution in [0.15, 0.2) is 18.2 Å². The minimum absolute atomic E-state index is 0.143. The predicted molar refractivity (Wildman–Crippen MR) is 103 cm³/mol. The summed E-state index contributed by atoms with van der Waals surface area (Å²) in [6.45, 7) is 7.89. The van der Waals surface area contributed by atoms with Crippen molar-refractivity contribution in [1.29, 1.82) is 0 Å². The molecule has 1 aliphatic rings. The van der Waals surface area contributed by atoms with Crippen LogP contribution in [-0.2, 0) is 9.53 Å².